The van der Waals surface area contributed by atoms with Gasteiger partial charge in [0.05, 0.1) is 5.69 Å². The van der Waals surface area contributed by atoms with Gasteiger partial charge in [-0.3, -0.25) is 0 Å². The van der Waals surface area contributed by atoms with E-state index in [0.717, 1.165) is 11.1 Å². The van der Waals surface area contributed by atoms with Crippen molar-refractivity contribution in [1.29, 1.82) is 0 Å². The number of aliphatic hydroxyl groups is 1. The number of phenols is 3. The highest BCUT2D eigenvalue weighted by Crippen LogP contribution is 2.53. The van der Waals surface area contributed by atoms with Gasteiger partial charge in [0.15, 0.2) is 11.5 Å². The van der Waals surface area contributed by atoms with Crippen molar-refractivity contribution in [3.63, 3.8) is 0 Å². The fourth-order valence-electron chi connectivity index (χ4n) is 3.53. The minimum atomic E-state index is -1.17. The van der Waals surface area contributed by atoms with Crippen LogP contribution in [-0.2, 0) is 6.42 Å². The molecule has 0 spiro atoms. The van der Waals surface area contributed by atoms with E-state index in [4.69, 9.17) is 10.5 Å². The molecule has 0 amide bonds. The second-order valence-electron chi connectivity index (χ2n) is 5.99. The highest BCUT2D eigenvalue weighted by molar-refractivity contribution is 5.64. The summed E-state index contributed by atoms with van der Waals surface area (Å²) < 4.78 is 5.58. The van der Waals surface area contributed by atoms with Crippen molar-refractivity contribution in [2.75, 3.05) is 12.3 Å². The summed E-state index contributed by atoms with van der Waals surface area (Å²) in [5, 5.41) is 40.1. The molecule has 0 bridgehead atoms. The summed E-state index contributed by atoms with van der Waals surface area (Å²) in [5.74, 6) is -0.492. The molecule has 1 aliphatic carbocycles. The van der Waals surface area contributed by atoms with Crippen LogP contribution in [0.25, 0.3) is 0 Å². The van der Waals surface area contributed by atoms with E-state index in [1.54, 1.807) is 6.07 Å². The Morgan fingerprint density at radius 3 is 2.50 bits per heavy atom. The summed E-state index contributed by atoms with van der Waals surface area (Å²) >= 11 is 0. The maximum absolute atomic E-state index is 10.9. The molecule has 0 saturated carbocycles. The van der Waals surface area contributed by atoms with E-state index in [1.807, 2.05) is 0 Å². The second-order valence-corrected chi connectivity index (χ2v) is 5.99. The first-order valence-corrected chi connectivity index (χ1v) is 6.91. The van der Waals surface area contributed by atoms with Gasteiger partial charge in [0.25, 0.3) is 0 Å². The van der Waals surface area contributed by atoms with Crippen LogP contribution in [0.4, 0.5) is 5.69 Å². The Kier molecular flexibility index (Phi) is 2.37. The van der Waals surface area contributed by atoms with Crippen molar-refractivity contribution >= 4 is 5.69 Å². The summed E-state index contributed by atoms with van der Waals surface area (Å²) in [4.78, 5) is 0. The molecule has 6 nitrogen and oxygen atoms in total. The van der Waals surface area contributed by atoms with Crippen LogP contribution in [0.15, 0.2) is 24.3 Å². The number of phenolic OH excluding ortho intramolecular Hbond substituents is 3. The van der Waals surface area contributed by atoms with Crippen molar-refractivity contribution in [3.8, 4) is 23.0 Å². The Labute approximate surface area is 126 Å². The third-order valence-corrected chi connectivity index (χ3v) is 4.53. The topological polar surface area (TPSA) is 116 Å². The Morgan fingerprint density at radius 2 is 1.73 bits per heavy atom. The third kappa shape index (κ3) is 1.58. The average Bonchev–Trinajstić information content (AvgIpc) is 2.73. The maximum Gasteiger partial charge on any atom is 0.157 e. The molecule has 1 aliphatic heterocycles. The van der Waals surface area contributed by atoms with Crippen molar-refractivity contribution in [2.45, 2.75) is 17.9 Å². The standard InChI is InChI=1S/C16H15NO5/c17-10-2-9-14(4-11(10)18)22-6-16(21)5-7-1-12(19)13(20)3-8(7)15(9)16/h1-4,15,18-21H,5-6,17H2/t15-,16-/m1/s1. The van der Waals surface area contributed by atoms with Crippen molar-refractivity contribution in [2.24, 2.45) is 0 Å². The molecule has 114 valence electrons. The van der Waals surface area contributed by atoms with Crippen LogP contribution in [0.2, 0.25) is 0 Å². The molecule has 1 heterocycles. The zero-order valence-corrected chi connectivity index (χ0v) is 11.6. The SMILES string of the molecule is Nc1cc2c(cc1O)OC[C@]1(O)Cc3cc(O)c(O)cc3[C@H]21. The number of fused-ring (bicyclic) bond motifs is 5. The van der Waals surface area contributed by atoms with Gasteiger partial charge in [0.2, 0.25) is 0 Å². The molecule has 22 heavy (non-hydrogen) atoms. The summed E-state index contributed by atoms with van der Waals surface area (Å²) in [6, 6.07) is 5.94. The van der Waals surface area contributed by atoms with E-state index in [1.165, 1.54) is 18.2 Å². The molecule has 6 N–H and O–H groups in total. The number of hydrogen-bond donors (Lipinski definition) is 5. The van der Waals surface area contributed by atoms with Gasteiger partial charge in [0, 0.05) is 24.0 Å². The van der Waals surface area contributed by atoms with E-state index >= 15 is 0 Å². The Bertz CT molecular complexity index is 804. The van der Waals surface area contributed by atoms with Gasteiger partial charge in [-0.1, -0.05) is 0 Å². The fourth-order valence-corrected chi connectivity index (χ4v) is 3.53. The molecule has 0 aromatic heterocycles. The van der Waals surface area contributed by atoms with Crippen molar-refractivity contribution < 1.29 is 25.2 Å². The number of rotatable bonds is 0. The molecule has 4 rings (SSSR count). The highest BCUT2D eigenvalue weighted by Gasteiger charge is 2.50. The minimum Gasteiger partial charge on any atom is -0.506 e. The molecule has 2 atom stereocenters. The first kappa shape index (κ1) is 13.1. The van der Waals surface area contributed by atoms with Crippen LogP contribution in [-0.4, -0.2) is 32.6 Å². The van der Waals surface area contributed by atoms with Gasteiger partial charge < -0.3 is 30.9 Å². The summed E-state index contributed by atoms with van der Waals surface area (Å²) in [7, 11) is 0. The monoisotopic (exact) mass is 301 g/mol. The Balaban J connectivity index is 1.96. The molecule has 0 fully saturated rings. The molecular formula is C16H15NO5. The predicted octanol–water partition coefficient (Wildman–Crippen LogP) is 1.20. The van der Waals surface area contributed by atoms with Crippen molar-refractivity contribution in [1.82, 2.24) is 0 Å². The van der Waals surface area contributed by atoms with Crippen LogP contribution in [0.5, 0.6) is 23.0 Å². The lowest BCUT2D eigenvalue weighted by Gasteiger charge is -2.36. The number of benzene rings is 2. The molecule has 0 radical (unpaired) electrons. The molecule has 6 heteroatoms. The zero-order valence-electron chi connectivity index (χ0n) is 11.6. The van der Waals surface area contributed by atoms with Crippen LogP contribution in [0, 0.1) is 0 Å². The molecule has 0 unspecified atom stereocenters. The molecule has 2 aromatic rings. The first-order chi connectivity index (χ1) is 10.4. The number of anilines is 1. The number of aromatic hydroxyl groups is 3. The van der Waals surface area contributed by atoms with Crippen molar-refractivity contribution in [3.05, 3.63) is 41.0 Å². The second kappa shape index (κ2) is 3.98. The van der Waals surface area contributed by atoms with E-state index < -0.39 is 11.5 Å². The summed E-state index contributed by atoms with van der Waals surface area (Å²) in [6.07, 6.45) is 0.307. The normalized spacial score (nSPS) is 25.0. The number of nitrogens with two attached hydrogens (primary N) is 1. The van der Waals surface area contributed by atoms with E-state index in [9.17, 15) is 20.4 Å². The van der Waals surface area contributed by atoms with Crippen LogP contribution >= 0.6 is 0 Å². The van der Waals surface area contributed by atoms with Gasteiger partial charge in [-0.05, 0) is 29.3 Å². The van der Waals surface area contributed by atoms with Gasteiger partial charge >= 0.3 is 0 Å². The zero-order chi connectivity index (χ0) is 15.6. The quantitative estimate of drug-likeness (QED) is 0.369. The average molecular weight is 301 g/mol. The number of hydrogen-bond acceptors (Lipinski definition) is 6. The molecule has 0 saturated heterocycles. The Hall–Kier alpha value is -2.60. The van der Waals surface area contributed by atoms with E-state index in [-0.39, 0.29) is 29.5 Å². The van der Waals surface area contributed by atoms with Gasteiger partial charge in [-0.15, -0.1) is 0 Å². The minimum absolute atomic E-state index is 0.0598. The lowest BCUT2D eigenvalue weighted by atomic mass is 9.80. The number of ether oxygens (including phenoxy) is 1. The number of nitrogen functional groups attached to an aromatic ring is 1. The van der Waals surface area contributed by atoms with E-state index in [2.05, 4.69) is 0 Å². The van der Waals surface area contributed by atoms with Crippen LogP contribution < -0.4 is 10.5 Å². The maximum atomic E-state index is 10.9. The largest absolute Gasteiger partial charge is 0.506 e. The van der Waals surface area contributed by atoms with Crippen LogP contribution in [0.1, 0.15) is 22.6 Å². The Morgan fingerprint density at radius 1 is 1.00 bits per heavy atom. The third-order valence-electron chi connectivity index (χ3n) is 4.53. The van der Waals surface area contributed by atoms with Gasteiger partial charge in [0.1, 0.15) is 23.7 Å². The predicted molar refractivity (Wildman–Crippen MR) is 78.3 cm³/mol. The van der Waals surface area contributed by atoms with Crippen LogP contribution in [0.3, 0.4) is 0 Å². The fraction of sp³-hybridized carbons (Fsp3) is 0.250. The first-order valence-electron chi connectivity index (χ1n) is 6.91. The highest BCUT2D eigenvalue weighted by atomic mass is 16.5. The molecule has 2 aromatic carbocycles. The molecule has 2 aliphatic rings. The van der Waals surface area contributed by atoms with Gasteiger partial charge in [-0.25, -0.2) is 0 Å². The smallest absolute Gasteiger partial charge is 0.157 e. The lowest BCUT2D eigenvalue weighted by Crippen LogP contribution is -2.43. The van der Waals surface area contributed by atoms with E-state index in [0.29, 0.717) is 17.7 Å². The summed E-state index contributed by atoms with van der Waals surface area (Å²) in [5.41, 5.74) is 6.94. The van der Waals surface area contributed by atoms with Gasteiger partial charge in [-0.2, -0.15) is 0 Å². The lowest BCUT2D eigenvalue weighted by molar-refractivity contribution is -0.0218. The molecular weight excluding hydrogens is 286 g/mol. The summed E-state index contributed by atoms with van der Waals surface area (Å²) in [6.45, 7) is 0.0598.